The van der Waals surface area contributed by atoms with E-state index in [-0.39, 0.29) is 11.5 Å². The van der Waals surface area contributed by atoms with Gasteiger partial charge in [0.1, 0.15) is 5.75 Å². The zero-order valence-corrected chi connectivity index (χ0v) is 11.7. The molecule has 1 atom stereocenters. The average Bonchev–Trinajstić information content (AvgIpc) is 2.33. The minimum atomic E-state index is 0.0666. The smallest absolute Gasteiger partial charge is 0.193 e. The Hall–Kier alpha value is -1.64. The molecule has 1 aliphatic heterocycles. The molecule has 1 heterocycles. The summed E-state index contributed by atoms with van der Waals surface area (Å²) < 4.78 is 5.37. The lowest BCUT2D eigenvalue weighted by Gasteiger charge is -2.49. The molecule has 0 saturated heterocycles. The van der Waals surface area contributed by atoms with Crippen molar-refractivity contribution in [1.82, 2.24) is 0 Å². The first-order valence-electron chi connectivity index (χ1n) is 6.20. The number of benzene rings is 1. The molecule has 0 aliphatic carbocycles. The zero-order valence-electron chi connectivity index (χ0n) is 11.7. The summed E-state index contributed by atoms with van der Waals surface area (Å²) in [6.45, 7) is 8.51. The van der Waals surface area contributed by atoms with Gasteiger partial charge in [-0.2, -0.15) is 0 Å². The highest BCUT2D eigenvalue weighted by atomic mass is 16.5. The number of aliphatic hydroxyl groups is 1. The third-order valence-electron chi connectivity index (χ3n) is 3.41. The van der Waals surface area contributed by atoms with Gasteiger partial charge in [0.15, 0.2) is 5.88 Å². The standard InChI is InChI=1S/C15H21NO2/c1-10-13(15(2,3)4)16(14(10)17)11-8-6-7-9-12(11)18-5/h6-9,13,17H,1-5H3. The quantitative estimate of drug-likeness (QED) is 0.864. The molecule has 0 aromatic heterocycles. The number of rotatable bonds is 2. The summed E-state index contributed by atoms with van der Waals surface area (Å²) in [6.07, 6.45) is 0. The van der Waals surface area contributed by atoms with Crippen molar-refractivity contribution in [1.29, 1.82) is 0 Å². The third kappa shape index (κ3) is 1.84. The van der Waals surface area contributed by atoms with Gasteiger partial charge in [0, 0.05) is 5.57 Å². The van der Waals surface area contributed by atoms with E-state index in [1.54, 1.807) is 7.11 Å². The van der Waals surface area contributed by atoms with Crippen molar-refractivity contribution in [3.05, 3.63) is 35.7 Å². The predicted molar refractivity (Wildman–Crippen MR) is 74.0 cm³/mol. The first-order chi connectivity index (χ1) is 8.38. The lowest BCUT2D eigenvalue weighted by atomic mass is 9.77. The molecule has 0 spiro atoms. The highest BCUT2D eigenvalue weighted by molar-refractivity contribution is 5.67. The summed E-state index contributed by atoms with van der Waals surface area (Å²) in [5.74, 6) is 1.13. The number of hydrogen-bond donors (Lipinski definition) is 1. The Kier molecular flexibility index (Phi) is 3.01. The van der Waals surface area contributed by atoms with E-state index in [2.05, 4.69) is 20.8 Å². The molecule has 3 nitrogen and oxygen atoms in total. The van der Waals surface area contributed by atoms with Crippen LogP contribution in [0.2, 0.25) is 0 Å². The average molecular weight is 247 g/mol. The van der Waals surface area contributed by atoms with Gasteiger partial charge < -0.3 is 14.7 Å². The Labute approximate surface area is 109 Å². The van der Waals surface area contributed by atoms with Gasteiger partial charge in [0.2, 0.25) is 0 Å². The van der Waals surface area contributed by atoms with Crippen LogP contribution in [0, 0.1) is 5.41 Å². The summed E-state index contributed by atoms with van der Waals surface area (Å²) in [6, 6.07) is 7.98. The van der Waals surface area contributed by atoms with Crippen LogP contribution in [-0.2, 0) is 0 Å². The molecule has 0 radical (unpaired) electrons. The van der Waals surface area contributed by atoms with Gasteiger partial charge in [0.25, 0.3) is 0 Å². The summed E-state index contributed by atoms with van der Waals surface area (Å²) in [4.78, 5) is 1.95. The Morgan fingerprint density at radius 3 is 2.39 bits per heavy atom. The molecule has 1 unspecified atom stereocenters. The Morgan fingerprint density at radius 2 is 1.83 bits per heavy atom. The van der Waals surface area contributed by atoms with Crippen molar-refractivity contribution >= 4 is 5.69 Å². The van der Waals surface area contributed by atoms with E-state index < -0.39 is 0 Å². The van der Waals surface area contributed by atoms with Gasteiger partial charge in [-0.25, -0.2) is 0 Å². The number of anilines is 1. The molecule has 1 aliphatic rings. The third-order valence-corrected chi connectivity index (χ3v) is 3.41. The van der Waals surface area contributed by atoms with E-state index in [9.17, 15) is 5.11 Å². The highest BCUT2D eigenvalue weighted by Crippen LogP contribution is 2.46. The maximum absolute atomic E-state index is 10.1. The number of aliphatic hydroxyl groups excluding tert-OH is 1. The second kappa shape index (κ2) is 4.23. The molecule has 3 heteroatoms. The van der Waals surface area contributed by atoms with Crippen molar-refractivity contribution in [2.24, 2.45) is 5.41 Å². The van der Waals surface area contributed by atoms with Gasteiger partial charge in [-0.3, -0.25) is 0 Å². The summed E-state index contributed by atoms with van der Waals surface area (Å²) in [5, 5.41) is 10.1. The van der Waals surface area contributed by atoms with Crippen LogP contribution in [-0.4, -0.2) is 18.3 Å². The van der Waals surface area contributed by atoms with Crippen molar-refractivity contribution in [3.8, 4) is 5.75 Å². The monoisotopic (exact) mass is 247 g/mol. The van der Waals surface area contributed by atoms with Gasteiger partial charge in [-0.15, -0.1) is 0 Å². The van der Waals surface area contributed by atoms with Crippen molar-refractivity contribution < 1.29 is 9.84 Å². The van der Waals surface area contributed by atoms with Gasteiger partial charge in [-0.1, -0.05) is 32.9 Å². The van der Waals surface area contributed by atoms with Crippen LogP contribution in [0.3, 0.4) is 0 Å². The molecule has 1 aromatic rings. The van der Waals surface area contributed by atoms with Crippen LogP contribution in [0.5, 0.6) is 5.75 Å². The molecule has 0 bridgehead atoms. The van der Waals surface area contributed by atoms with Crippen LogP contribution in [0.15, 0.2) is 35.7 Å². The summed E-state index contributed by atoms with van der Waals surface area (Å²) in [5.41, 5.74) is 2.02. The fraction of sp³-hybridized carbons (Fsp3) is 0.467. The number of nitrogens with zero attached hydrogens (tertiary/aromatic N) is 1. The van der Waals surface area contributed by atoms with Crippen molar-refractivity contribution in [2.75, 3.05) is 12.0 Å². The molecular formula is C15H21NO2. The topological polar surface area (TPSA) is 32.7 Å². The molecule has 0 saturated carbocycles. The minimum Gasteiger partial charge on any atom is -0.495 e. The minimum absolute atomic E-state index is 0.0666. The van der Waals surface area contributed by atoms with Gasteiger partial charge >= 0.3 is 0 Å². The van der Waals surface area contributed by atoms with E-state index in [0.29, 0.717) is 5.88 Å². The van der Waals surface area contributed by atoms with E-state index in [0.717, 1.165) is 17.0 Å². The Balaban J connectivity index is 2.46. The van der Waals surface area contributed by atoms with Crippen LogP contribution in [0.1, 0.15) is 27.7 Å². The predicted octanol–water partition coefficient (Wildman–Crippen LogP) is 3.72. The molecule has 18 heavy (non-hydrogen) atoms. The zero-order chi connectivity index (χ0) is 13.5. The van der Waals surface area contributed by atoms with Crippen LogP contribution >= 0.6 is 0 Å². The largest absolute Gasteiger partial charge is 0.495 e. The lowest BCUT2D eigenvalue weighted by Crippen LogP contribution is -2.53. The van der Waals surface area contributed by atoms with Crippen LogP contribution < -0.4 is 9.64 Å². The molecular weight excluding hydrogens is 226 g/mol. The lowest BCUT2D eigenvalue weighted by molar-refractivity contribution is 0.246. The van der Waals surface area contributed by atoms with Crippen molar-refractivity contribution in [3.63, 3.8) is 0 Å². The molecule has 1 N–H and O–H groups in total. The molecule has 0 fully saturated rings. The van der Waals surface area contributed by atoms with Crippen molar-refractivity contribution in [2.45, 2.75) is 33.7 Å². The second-order valence-corrected chi connectivity index (χ2v) is 5.82. The van der Waals surface area contributed by atoms with Gasteiger partial charge in [0.05, 0.1) is 18.8 Å². The number of methoxy groups -OCH3 is 1. The normalized spacial score (nSPS) is 19.8. The maximum Gasteiger partial charge on any atom is 0.193 e. The fourth-order valence-electron chi connectivity index (χ4n) is 2.68. The molecule has 1 aromatic carbocycles. The van der Waals surface area contributed by atoms with E-state index >= 15 is 0 Å². The Bertz CT molecular complexity index is 486. The Morgan fingerprint density at radius 1 is 1.22 bits per heavy atom. The molecule has 2 rings (SSSR count). The SMILES string of the molecule is COc1ccccc1N1C(O)=C(C)C1C(C)(C)C. The highest BCUT2D eigenvalue weighted by Gasteiger charge is 2.44. The fourth-order valence-corrected chi connectivity index (χ4v) is 2.68. The molecule has 98 valence electrons. The van der Waals surface area contributed by atoms with E-state index in [1.165, 1.54) is 0 Å². The van der Waals surface area contributed by atoms with Gasteiger partial charge in [-0.05, 0) is 24.5 Å². The van der Waals surface area contributed by atoms with Crippen LogP contribution in [0.4, 0.5) is 5.69 Å². The summed E-state index contributed by atoms with van der Waals surface area (Å²) >= 11 is 0. The maximum atomic E-state index is 10.1. The number of para-hydroxylation sites is 2. The first-order valence-corrected chi connectivity index (χ1v) is 6.20. The first kappa shape index (κ1) is 12.8. The number of hydrogen-bond acceptors (Lipinski definition) is 3. The van der Waals surface area contributed by atoms with Crippen LogP contribution in [0.25, 0.3) is 0 Å². The number of ether oxygens (including phenoxy) is 1. The van der Waals surface area contributed by atoms with E-state index in [1.807, 2.05) is 36.1 Å². The second-order valence-electron chi connectivity index (χ2n) is 5.82. The van der Waals surface area contributed by atoms with E-state index in [4.69, 9.17) is 4.74 Å². The molecule has 0 amide bonds. The summed E-state index contributed by atoms with van der Waals surface area (Å²) in [7, 11) is 1.65.